The highest BCUT2D eigenvalue weighted by Gasteiger charge is 2.49. The Balaban J connectivity index is 1.71. The lowest BCUT2D eigenvalue weighted by molar-refractivity contribution is -0.145. The summed E-state index contributed by atoms with van der Waals surface area (Å²) >= 11 is 0. The molecule has 1 aromatic heterocycles. The van der Waals surface area contributed by atoms with Gasteiger partial charge in [-0.3, -0.25) is 14.6 Å². The highest BCUT2D eigenvalue weighted by atomic mass is 32.2. The molecule has 27 heavy (non-hydrogen) atoms. The summed E-state index contributed by atoms with van der Waals surface area (Å²) in [5, 5.41) is 0. The Morgan fingerprint density at radius 3 is 2.33 bits per heavy atom. The summed E-state index contributed by atoms with van der Waals surface area (Å²) < 4.78 is 24.5. The second kappa shape index (κ2) is 7.96. The fourth-order valence-corrected chi connectivity index (χ4v) is 5.96. The second-order valence-corrected chi connectivity index (χ2v) is 10.00. The van der Waals surface area contributed by atoms with Gasteiger partial charge in [-0.25, -0.2) is 8.42 Å². The van der Waals surface area contributed by atoms with Gasteiger partial charge in [-0.2, -0.15) is 0 Å². The van der Waals surface area contributed by atoms with Gasteiger partial charge in [0.25, 0.3) is 0 Å². The molecule has 148 valence electrons. The maximum atomic E-state index is 12.8. The van der Waals surface area contributed by atoms with Crippen LogP contribution in [0, 0.1) is 5.92 Å². The molecule has 0 saturated carbocycles. The largest absolute Gasteiger partial charge is 0.335 e. The summed E-state index contributed by atoms with van der Waals surface area (Å²) in [6, 6.07) is 2.91. The Hall–Kier alpha value is -1.96. The lowest BCUT2D eigenvalue weighted by atomic mass is 10.0. The highest BCUT2D eigenvalue weighted by Crippen LogP contribution is 2.28. The molecular weight excluding hydrogens is 366 g/mol. The number of hydrogen-bond acceptors (Lipinski definition) is 5. The van der Waals surface area contributed by atoms with Gasteiger partial charge in [0.15, 0.2) is 9.84 Å². The normalized spacial score (nSPS) is 24.1. The Labute approximate surface area is 160 Å². The molecule has 0 unspecified atom stereocenters. The van der Waals surface area contributed by atoms with E-state index in [1.165, 1.54) is 0 Å². The predicted molar refractivity (Wildman–Crippen MR) is 102 cm³/mol. The number of amides is 2. The number of fused-ring (bicyclic) bond motifs is 1. The molecule has 2 aliphatic heterocycles. The van der Waals surface area contributed by atoms with E-state index in [4.69, 9.17) is 0 Å². The van der Waals surface area contributed by atoms with E-state index >= 15 is 0 Å². The van der Waals surface area contributed by atoms with Crippen molar-refractivity contribution in [1.82, 2.24) is 14.8 Å². The van der Waals surface area contributed by atoms with Crippen molar-refractivity contribution in [2.24, 2.45) is 5.92 Å². The molecule has 7 nitrogen and oxygen atoms in total. The minimum Gasteiger partial charge on any atom is -0.335 e. The molecule has 2 amide bonds. The molecule has 0 aromatic carbocycles. The maximum absolute atomic E-state index is 12.8. The van der Waals surface area contributed by atoms with E-state index < -0.39 is 21.9 Å². The van der Waals surface area contributed by atoms with Crippen LogP contribution in [0.15, 0.2) is 24.5 Å². The maximum Gasteiger partial charge on any atom is 0.223 e. The Morgan fingerprint density at radius 1 is 1.15 bits per heavy atom. The number of aromatic nitrogens is 1. The van der Waals surface area contributed by atoms with Crippen molar-refractivity contribution < 1.29 is 18.0 Å². The third kappa shape index (κ3) is 4.66. The average molecular weight is 394 g/mol. The van der Waals surface area contributed by atoms with Gasteiger partial charge in [0, 0.05) is 38.3 Å². The number of piperazine rings is 1. The lowest BCUT2D eigenvalue weighted by Crippen LogP contribution is -2.62. The molecule has 8 heteroatoms. The molecule has 1 aromatic rings. The third-order valence-corrected chi connectivity index (χ3v) is 6.95. The molecule has 2 aliphatic rings. The molecule has 2 fully saturated rings. The van der Waals surface area contributed by atoms with Gasteiger partial charge >= 0.3 is 0 Å². The van der Waals surface area contributed by atoms with Crippen LogP contribution < -0.4 is 0 Å². The molecule has 2 atom stereocenters. The minimum absolute atomic E-state index is 0.0143. The zero-order valence-electron chi connectivity index (χ0n) is 15.9. The summed E-state index contributed by atoms with van der Waals surface area (Å²) in [5.74, 6) is 0.0462. The molecule has 2 saturated heterocycles. The van der Waals surface area contributed by atoms with Gasteiger partial charge < -0.3 is 9.80 Å². The zero-order chi connectivity index (χ0) is 19.6. The number of pyridine rings is 1. The molecule has 0 N–H and O–H groups in total. The van der Waals surface area contributed by atoms with Crippen LogP contribution in [0.2, 0.25) is 0 Å². The van der Waals surface area contributed by atoms with E-state index in [-0.39, 0.29) is 29.2 Å². The van der Waals surface area contributed by atoms with Gasteiger partial charge in [-0.1, -0.05) is 19.9 Å². The van der Waals surface area contributed by atoms with Gasteiger partial charge in [0.1, 0.15) is 0 Å². The van der Waals surface area contributed by atoms with Crippen molar-refractivity contribution >= 4 is 21.7 Å². The van der Waals surface area contributed by atoms with E-state index in [9.17, 15) is 18.0 Å². The first-order valence-electron chi connectivity index (χ1n) is 9.45. The topological polar surface area (TPSA) is 87.7 Å². The van der Waals surface area contributed by atoms with E-state index in [2.05, 4.69) is 4.98 Å². The summed E-state index contributed by atoms with van der Waals surface area (Å²) in [6.07, 6.45) is 4.71. The van der Waals surface area contributed by atoms with Crippen molar-refractivity contribution in [3.63, 3.8) is 0 Å². The minimum atomic E-state index is -3.26. The van der Waals surface area contributed by atoms with Crippen LogP contribution in [0.4, 0.5) is 0 Å². The van der Waals surface area contributed by atoms with Crippen LogP contribution in [0.1, 0.15) is 32.3 Å². The van der Waals surface area contributed by atoms with Crippen LogP contribution in [0.3, 0.4) is 0 Å². The van der Waals surface area contributed by atoms with Crippen molar-refractivity contribution in [1.29, 1.82) is 0 Å². The molecule has 0 spiro atoms. The molecule has 3 heterocycles. The Bertz CT molecular complexity index is 794. The molecular formula is C19H27N3O4S. The molecule has 0 aliphatic carbocycles. The first kappa shape index (κ1) is 19.8. The summed E-state index contributed by atoms with van der Waals surface area (Å²) in [7, 11) is -3.26. The van der Waals surface area contributed by atoms with E-state index in [1.54, 1.807) is 22.2 Å². The zero-order valence-corrected chi connectivity index (χ0v) is 16.7. The van der Waals surface area contributed by atoms with E-state index in [0.717, 1.165) is 5.56 Å². The summed E-state index contributed by atoms with van der Waals surface area (Å²) in [4.78, 5) is 32.8. The van der Waals surface area contributed by atoms with Crippen molar-refractivity contribution in [2.75, 3.05) is 24.6 Å². The van der Waals surface area contributed by atoms with E-state index in [1.807, 2.05) is 26.0 Å². The summed E-state index contributed by atoms with van der Waals surface area (Å²) in [6.45, 7) is 4.74. The number of carbonyl (C=O) groups is 2. The third-order valence-electron chi connectivity index (χ3n) is 5.25. The van der Waals surface area contributed by atoms with Gasteiger partial charge in [-0.15, -0.1) is 0 Å². The number of nitrogens with zero attached hydrogens (tertiary/aromatic N) is 3. The van der Waals surface area contributed by atoms with Crippen LogP contribution >= 0.6 is 0 Å². The number of hydrogen-bond donors (Lipinski definition) is 0. The number of aryl methyl sites for hydroxylation is 1. The van der Waals surface area contributed by atoms with Crippen molar-refractivity contribution in [3.8, 4) is 0 Å². The fourth-order valence-electron chi connectivity index (χ4n) is 3.98. The molecule has 3 rings (SSSR count). The summed E-state index contributed by atoms with van der Waals surface area (Å²) in [5.41, 5.74) is 0.979. The number of carbonyl (C=O) groups excluding carboxylic acids is 2. The Morgan fingerprint density at radius 2 is 1.78 bits per heavy atom. The first-order valence-corrected chi connectivity index (χ1v) is 11.3. The predicted octanol–water partition coefficient (Wildman–Crippen LogP) is 0.897. The van der Waals surface area contributed by atoms with Crippen LogP contribution in [-0.4, -0.2) is 71.7 Å². The highest BCUT2D eigenvalue weighted by molar-refractivity contribution is 7.91. The van der Waals surface area contributed by atoms with Crippen LogP contribution in [0.5, 0.6) is 0 Å². The quantitative estimate of drug-likeness (QED) is 0.742. The number of sulfone groups is 1. The molecule has 0 bridgehead atoms. The first-order chi connectivity index (χ1) is 12.8. The smallest absolute Gasteiger partial charge is 0.223 e. The van der Waals surface area contributed by atoms with Crippen molar-refractivity contribution in [3.05, 3.63) is 30.1 Å². The van der Waals surface area contributed by atoms with Crippen molar-refractivity contribution in [2.45, 2.75) is 45.2 Å². The lowest BCUT2D eigenvalue weighted by Gasteiger charge is -2.44. The molecule has 0 radical (unpaired) electrons. The number of rotatable bonds is 5. The van der Waals surface area contributed by atoms with Gasteiger partial charge in [0.05, 0.1) is 23.6 Å². The van der Waals surface area contributed by atoms with E-state index in [0.29, 0.717) is 32.4 Å². The monoisotopic (exact) mass is 393 g/mol. The Kier molecular flexibility index (Phi) is 5.83. The standard InChI is InChI=1S/C19H27N3O4S/c1-14(2)10-19(24)22-9-8-21(16-12-27(25,26)13-17(16)22)18(23)6-5-15-4-3-7-20-11-15/h3-4,7,11,14,16-17H,5-6,8-10,12-13H2,1-2H3/t16-,17+/m0/s1. The van der Waals surface area contributed by atoms with Crippen LogP contribution in [-0.2, 0) is 25.8 Å². The van der Waals surface area contributed by atoms with Crippen LogP contribution in [0.25, 0.3) is 0 Å². The second-order valence-electron chi connectivity index (χ2n) is 7.85. The van der Waals surface area contributed by atoms with Gasteiger partial charge in [-0.05, 0) is 24.0 Å². The average Bonchev–Trinajstić information content (AvgIpc) is 2.93. The van der Waals surface area contributed by atoms with Gasteiger partial charge in [0.2, 0.25) is 11.8 Å². The SMILES string of the molecule is CC(C)CC(=O)N1CCN(C(=O)CCc2cccnc2)[C@H]2CS(=O)(=O)C[C@H]21. The fraction of sp³-hybridized carbons (Fsp3) is 0.632.